The molecule has 2 heterocycles. The summed E-state index contributed by atoms with van der Waals surface area (Å²) in [5.74, 6) is 0.256. The van der Waals surface area contributed by atoms with E-state index in [9.17, 15) is 18.0 Å². The second kappa shape index (κ2) is 8.45. The van der Waals surface area contributed by atoms with E-state index in [0.717, 1.165) is 36.5 Å². The molecule has 0 radical (unpaired) electrons. The number of carbonyl (C=O) groups is 1. The highest BCUT2D eigenvalue weighted by atomic mass is 19.4. The number of likely N-dealkylation sites (N-methyl/N-ethyl adjacent to an activating group) is 1. The average molecular weight is 434 g/mol. The van der Waals surface area contributed by atoms with Gasteiger partial charge in [0, 0.05) is 37.3 Å². The minimum absolute atomic E-state index is 0.256. The first-order chi connectivity index (χ1) is 14.7. The molecule has 6 nitrogen and oxygen atoms in total. The molecule has 0 N–H and O–H groups in total. The Hall–Kier alpha value is -2.68. The zero-order chi connectivity index (χ0) is 22.2. The number of halogens is 3. The normalized spacial score (nSPS) is 22.2. The fourth-order valence-corrected chi connectivity index (χ4v) is 4.07. The van der Waals surface area contributed by atoms with Gasteiger partial charge in [-0.1, -0.05) is 19.1 Å². The van der Waals surface area contributed by atoms with Gasteiger partial charge < -0.3 is 14.5 Å². The van der Waals surface area contributed by atoms with Crippen LogP contribution in [-0.4, -0.2) is 59.3 Å². The lowest BCUT2D eigenvalue weighted by Gasteiger charge is -2.34. The summed E-state index contributed by atoms with van der Waals surface area (Å²) in [5, 5.41) is 8.43. The molecule has 9 heteroatoms. The molecule has 2 aliphatic rings. The third kappa shape index (κ3) is 4.81. The van der Waals surface area contributed by atoms with Crippen molar-refractivity contribution in [1.29, 1.82) is 0 Å². The lowest BCUT2D eigenvalue weighted by molar-refractivity contribution is -0.137. The summed E-state index contributed by atoms with van der Waals surface area (Å²) in [7, 11) is 2.01. The number of aromatic nitrogens is 2. The number of benzene rings is 1. The molecule has 1 amide bonds. The van der Waals surface area contributed by atoms with Crippen molar-refractivity contribution in [1.82, 2.24) is 20.0 Å². The molecule has 1 aliphatic heterocycles. The van der Waals surface area contributed by atoms with Crippen LogP contribution in [0.2, 0.25) is 0 Å². The summed E-state index contributed by atoms with van der Waals surface area (Å²) < 4.78 is 45.2. The molecule has 4 rings (SSSR count). The predicted molar refractivity (Wildman–Crippen MR) is 108 cm³/mol. The van der Waals surface area contributed by atoms with E-state index in [1.54, 1.807) is 17.0 Å². The highest BCUT2D eigenvalue weighted by Crippen LogP contribution is 2.37. The van der Waals surface area contributed by atoms with Crippen molar-refractivity contribution in [2.45, 2.75) is 32.0 Å². The van der Waals surface area contributed by atoms with E-state index in [0.29, 0.717) is 37.2 Å². The second-order valence-electron chi connectivity index (χ2n) is 8.42. The average Bonchev–Trinajstić information content (AvgIpc) is 2.73. The largest absolute Gasteiger partial charge is 0.441 e. The number of nitrogens with zero attached hydrogens (tertiary/aromatic N) is 4. The number of rotatable bonds is 2. The summed E-state index contributed by atoms with van der Waals surface area (Å²) in [6.45, 7) is 4.85. The van der Waals surface area contributed by atoms with E-state index in [1.165, 1.54) is 6.07 Å². The highest BCUT2D eigenvalue weighted by Gasteiger charge is 2.33. The van der Waals surface area contributed by atoms with Gasteiger partial charge in [-0.25, -0.2) is 4.79 Å². The van der Waals surface area contributed by atoms with Gasteiger partial charge in [-0.2, -0.15) is 23.4 Å². The van der Waals surface area contributed by atoms with E-state index >= 15 is 0 Å². The van der Waals surface area contributed by atoms with Gasteiger partial charge in [0.05, 0.1) is 17.0 Å². The summed E-state index contributed by atoms with van der Waals surface area (Å²) in [6, 6.07) is 6.73. The number of hydrogen-bond acceptors (Lipinski definition) is 5. The van der Waals surface area contributed by atoms with Crippen molar-refractivity contribution in [3.05, 3.63) is 47.2 Å². The van der Waals surface area contributed by atoms with Crippen LogP contribution < -0.4 is 0 Å². The van der Waals surface area contributed by atoms with Crippen molar-refractivity contribution in [2.24, 2.45) is 5.92 Å². The molecule has 0 spiro atoms. The third-order valence-electron chi connectivity index (χ3n) is 5.90. The number of alkyl halides is 3. The smallest absolute Gasteiger partial charge is 0.416 e. The summed E-state index contributed by atoms with van der Waals surface area (Å²) in [6.07, 6.45) is -3.97. The van der Waals surface area contributed by atoms with Crippen molar-refractivity contribution in [2.75, 3.05) is 33.2 Å². The molecule has 1 aliphatic carbocycles. The van der Waals surface area contributed by atoms with Crippen LogP contribution in [0.1, 0.15) is 36.3 Å². The molecule has 166 valence electrons. The first kappa shape index (κ1) is 21.5. The highest BCUT2D eigenvalue weighted by molar-refractivity contribution is 5.68. The van der Waals surface area contributed by atoms with Gasteiger partial charge in [0.25, 0.3) is 0 Å². The SMILES string of the molecule is CC1Cc2nnc(-c3cccc(C(F)(F)F)c3)cc2C(OC(=O)N2CCN(C)CC2)C1. The zero-order valence-corrected chi connectivity index (χ0v) is 17.5. The molecule has 1 fully saturated rings. The standard InChI is InChI=1S/C22H25F3N4O2/c1-14-10-19-17(20(11-14)31-21(30)29-8-6-28(2)7-9-29)13-18(26-27-19)15-4-3-5-16(12-15)22(23,24)25/h3-5,12-14,20H,6-11H2,1-2H3. The Morgan fingerprint density at radius 1 is 1.13 bits per heavy atom. The fourth-order valence-electron chi connectivity index (χ4n) is 4.07. The first-order valence-corrected chi connectivity index (χ1v) is 10.4. The Morgan fingerprint density at radius 3 is 2.58 bits per heavy atom. The maximum Gasteiger partial charge on any atom is 0.416 e. The lowest BCUT2D eigenvalue weighted by atomic mass is 9.85. The van der Waals surface area contributed by atoms with Crippen molar-refractivity contribution in [3.8, 4) is 11.3 Å². The quantitative estimate of drug-likeness (QED) is 0.710. The van der Waals surface area contributed by atoms with Gasteiger partial charge in [0.15, 0.2) is 0 Å². The van der Waals surface area contributed by atoms with Gasteiger partial charge in [0.1, 0.15) is 6.10 Å². The molecule has 31 heavy (non-hydrogen) atoms. The third-order valence-corrected chi connectivity index (χ3v) is 5.90. The van der Waals surface area contributed by atoms with E-state index in [4.69, 9.17) is 4.74 Å². The van der Waals surface area contributed by atoms with Crippen molar-refractivity contribution in [3.63, 3.8) is 0 Å². The van der Waals surface area contributed by atoms with E-state index in [1.807, 2.05) is 7.05 Å². The van der Waals surface area contributed by atoms with Crippen LogP contribution in [0.3, 0.4) is 0 Å². The topological polar surface area (TPSA) is 58.6 Å². The van der Waals surface area contributed by atoms with Gasteiger partial charge >= 0.3 is 12.3 Å². The number of amides is 1. The van der Waals surface area contributed by atoms with Crippen LogP contribution >= 0.6 is 0 Å². The Kier molecular flexibility index (Phi) is 5.88. The van der Waals surface area contributed by atoms with E-state index < -0.39 is 17.8 Å². The lowest BCUT2D eigenvalue weighted by Crippen LogP contribution is -2.47. The molecular weight excluding hydrogens is 409 g/mol. The van der Waals surface area contributed by atoms with Crippen molar-refractivity contribution >= 4 is 6.09 Å². The van der Waals surface area contributed by atoms with Crippen LogP contribution in [0.5, 0.6) is 0 Å². The maximum atomic E-state index is 13.1. The van der Waals surface area contributed by atoms with Gasteiger partial charge in [0.2, 0.25) is 0 Å². The van der Waals surface area contributed by atoms with Crippen LogP contribution in [0.25, 0.3) is 11.3 Å². The Bertz CT molecular complexity index is 958. The minimum atomic E-state index is -4.44. The second-order valence-corrected chi connectivity index (χ2v) is 8.42. The minimum Gasteiger partial charge on any atom is -0.441 e. The molecule has 0 bridgehead atoms. The Morgan fingerprint density at radius 2 is 1.87 bits per heavy atom. The monoisotopic (exact) mass is 434 g/mol. The first-order valence-electron chi connectivity index (χ1n) is 10.4. The molecule has 2 atom stereocenters. The summed E-state index contributed by atoms with van der Waals surface area (Å²) in [4.78, 5) is 16.6. The number of piperazine rings is 1. The van der Waals surface area contributed by atoms with Crippen molar-refractivity contribution < 1.29 is 22.7 Å². The Balaban J connectivity index is 1.60. The van der Waals surface area contributed by atoms with Gasteiger partial charge in [-0.15, -0.1) is 0 Å². The van der Waals surface area contributed by atoms with Gasteiger partial charge in [-0.3, -0.25) is 0 Å². The van der Waals surface area contributed by atoms with E-state index in [2.05, 4.69) is 22.0 Å². The Labute approximate surface area is 179 Å². The van der Waals surface area contributed by atoms with Gasteiger partial charge in [-0.05, 0) is 44.0 Å². The molecule has 1 saturated heterocycles. The molecular formula is C22H25F3N4O2. The fraction of sp³-hybridized carbons (Fsp3) is 0.500. The van der Waals surface area contributed by atoms with E-state index in [-0.39, 0.29) is 12.0 Å². The van der Waals surface area contributed by atoms with Crippen LogP contribution in [-0.2, 0) is 17.3 Å². The summed E-state index contributed by atoms with van der Waals surface area (Å²) in [5.41, 5.74) is 1.37. The molecule has 0 saturated carbocycles. The molecule has 1 aromatic heterocycles. The molecule has 1 aromatic carbocycles. The number of hydrogen-bond donors (Lipinski definition) is 0. The number of ether oxygens (including phenoxy) is 1. The predicted octanol–water partition coefficient (Wildman–Crippen LogP) is 4.17. The summed E-state index contributed by atoms with van der Waals surface area (Å²) >= 11 is 0. The van der Waals surface area contributed by atoms with Crippen LogP contribution in [0.4, 0.5) is 18.0 Å². The maximum absolute atomic E-state index is 13.1. The van der Waals surface area contributed by atoms with Crippen LogP contribution in [0.15, 0.2) is 30.3 Å². The zero-order valence-electron chi connectivity index (χ0n) is 17.5. The van der Waals surface area contributed by atoms with Crippen LogP contribution in [0, 0.1) is 5.92 Å². The molecule has 2 aromatic rings. The molecule has 2 unspecified atom stereocenters. The number of fused-ring (bicyclic) bond motifs is 1. The number of carbonyl (C=O) groups excluding carboxylic acids is 1.